The fraction of sp³-hybridized carbons (Fsp3) is 0.222. The van der Waals surface area contributed by atoms with Gasteiger partial charge in [0.05, 0.1) is 16.8 Å². The normalized spacial score (nSPS) is 12.4. The van der Waals surface area contributed by atoms with Crippen LogP contribution in [0.1, 0.15) is 28.4 Å². The number of ether oxygens (including phenoxy) is 1. The third-order valence-electron chi connectivity index (χ3n) is 3.40. The van der Waals surface area contributed by atoms with Crippen molar-refractivity contribution in [1.82, 2.24) is 0 Å². The van der Waals surface area contributed by atoms with E-state index in [-0.39, 0.29) is 5.56 Å². The van der Waals surface area contributed by atoms with E-state index in [1.54, 1.807) is 25.1 Å². The van der Waals surface area contributed by atoms with Crippen molar-refractivity contribution in [2.24, 2.45) is 0 Å². The number of carbonyl (C=O) groups excluding carboxylic acids is 2. The molecule has 1 N–H and O–H groups in total. The van der Waals surface area contributed by atoms with Crippen molar-refractivity contribution >= 4 is 17.6 Å². The fourth-order valence-electron chi connectivity index (χ4n) is 2.13. The number of carbonyl (C=O) groups is 2. The summed E-state index contributed by atoms with van der Waals surface area (Å²) in [6.45, 7) is 3.08. The minimum absolute atomic E-state index is 0.260. The van der Waals surface area contributed by atoms with E-state index in [1.807, 2.05) is 0 Å². The minimum atomic E-state index is -4.61. The van der Waals surface area contributed by atoms with Crippen molar-refractivity contribution < 1.29 is 27.5 Å². The molecule has 0 aliphatic heterocycles. The Morgan fingerprint density at radius 2 is 1.76 bits per heavy atom. The number of para-hydroxylation sites is 1. The van der Waals surface area contributed by atoms with Crippen LogP contribution in [0.2, 0.25) is 0 Å². The molecule has 1 unspecified atom stereocenters. The van der Waals surface area contributed by atoms with Crippen molar-refractivity contribution in [1.29, 1.82) is 0 Å². The van der Waals surface area contributed by atoms with Crippen LogP contribution in [0, 0.1) is 6.92 Å². The van der Waals surface area contributed by atoms with E-state index in [4.69, 9.17) is 4.74 Å². The predicted octanol–water partition coefficient (Wildman–Crippen LogP) is 4.20. The zero-order chi connectivity index (χ0) is 18.6. The SMILES string of the molecule is Cc1cccc(C(=O)OC(C)C(=O)Nc2ccccc2C(F)(F)F)c1. The summed E-state index contributed by atoms with van der Waals surface area (Å²) < 4.78 is 43.8. The number of esters is 1. The van der Waals surface area contributed by atoms with E-state index in [9.17, 15) is 22.8 Å². The molecule has 7 heteroatoms. The molecule has 0 saturated heterocycles. The van der Waals surface area contributed by atoms with Crippen LogP contribution >= 0.6 is 0 Å². The Labute approximate surface area is 142 Å². The number of aryl methyl sites for hydroxylation is 1. The average molecular weight is 351 g/mol. The van der Waals surface area contributed by atoms with Crippen LogP contribution in [0.25, 0.3) is 0 Å². The molecule has 0 aromatic heterocycles. The third-order valence-corrected chi connectivity index (χ3v) is 3.40. The summed E-state index contributed by atoms with van der Waals surface area (Å²) in [5, 5.41) is 2.15. The molecule has 132 valence electrons. The first-order chi connectivity index (χ1) is 11.7. The van der Waals surface area contributed by atoms with Gasteiger partial charge in [0, 0.05) is 0 Å². The molecule has 4 nitrogen and oxygen atoms in total. The summed E-state index contributed by atoms with van der Waals surface area (Å²) >= 11 is 0. The molecule has 0 saturated carbocycles. The third kappa shape index (κ3) is 4.82. The van der Waals surface area contributed by atoms with Gasteiger partial charge in [-0.15, -0.1) is 0 Å². The predicted molar refractivity (Wildman–Crippen MR) is 86.1 cm³/mol. The van der Waals surface area contributed by atoms with Gasteiger partial charge in [-0.2, -0.15) is 13.2 Å². The quantitative estimate of drug-likeness (QED) is 0.840. The van der Waals surface area contributed by atoms with Crippen LogP contribution in [-0.2, 0) is 15.7 Å². The molecule has 0 aliphatic rings. The Morgan fingerprint density at radius 1 is 1.08 bits per heavy atom. The van der Waals surface area contributed by atoms with Gasteiger partial charge in [-0.1, -0.05) is 29.8 Å². The molecule has 0 bridgehead atoms. The first-order valence-corrected chi connectivity index (χ1v) is 7.43. The summed E-state index contributed by atoms with van der Waals surface area (Å²) in [6.07, 6.45) is -5.86. The maximum atomic E-state index is 12.9. The van der Waals surface area contributed by atoms with Gasteiger partial charge >= 0.3 is 12.1 Å². The maximum absolute atomic E-state index is 12.9. The van der Waals surface area contributed by atoms with Gasteiger partial charge in [0.15, 0.2) is 6.10 Å². The van der Waals surface area contributed by atoms with Crippen LogP contribution in [0.5, 0.6) is 0 Å². The number of amides is 1. The second-order valence-electron chi connectivity index (χ2n) is 5.45. The summed E-state index contributed by atoms with van der Waals surface area (Å²) in [7, 11) is 0. The van der Waals surface area contributed by atoms with E-state index in [1.165, 1.54) is 25.1 Å². The van der Waals surface area contributed by atoms with Gasteiger partial charge in [0.1, 0.15) is 0 Å². The number of halogens is 3. The van der Waals surface area contributed by atoms with Crippen molar-refractivity contribution in [3.63, 3.8) is 0 Å². The van der Waals surface area contributed by atoms with Crippen LogP contribution in [-0.4, -0.2) is 18.0 Å². The van der Waals surface area contributed by atoms with Crippen molar-refractivity contribution in [2.45, 2.75) is 26.1 Å². The summed E-state index contributed by atoms with van der Waals surface area (Å²) in [5.74, 6) is -1.58. The number of benzene rings is 2. The molecule has 1 atom stereocenters. The van der Waals surface area contributed by atoms with Gasteiger partial charge in [-0.05, 0) is 38.1 Å². The summed E-state index contributed by atoms with van der Waals surface area (Å²) in [5.41, 5.74) is -0.264. The second kappa shape index (κ2) is 7.38. The maximum Gasteiger partial charge on any atom is 0.418 e. The lowest BCUT2D eigenvalue weighted by molar-refractivity contribution is -0.137. The number of hydrogen-bond acceptors (Lipinski definition) is 3. The van der Waals surface area contributed by atoms with E-state index >= 15 is 0 Å². The number of alkyl halides is 3. The minimum Gasteiger partial charge on any atom is -0.449 e. The van der Waals surface area contributed by atoms with Crippen molar-refractivity contribution in [3.05, 3.63) is 65.2 Å². The zero-order valence-corrected chi connectivity index (χ0v) is 13.6. The standard InChI is InChI=1S/C18H16F3NO3/c1-11-6-5-7-13(10-11)17(24)25-12(2)16(23)22-15-9-4-3-8-14(15)18(19,20)21/h3-10,12H,1-2H3,(H,22,23). The van der Waals surface area contributed by atoms with E-state index in [2.05, 4.69) is 5.32 Å². The Balaban J connectivity index is 2.08. The lowest BCUT2D eigenvalue weighted by atomic mass is 10.1. The highest BCUT2D eigenvalue weighted by Gasteiger charge is 2.34. The van der Waals surface area contributed by atoms with Crippen LogP contribution < -0.4 is 5.32 Å². The molecule has 0 spiro atoms. The van der Waals surface area contributed by atoms with E-state index in [0.29, 0.717) is 0 Å². The number of nitrogens with one attached hydrogen (secondary N) is 1. The average Bonchev–Trinajstić information content (AvgIpc) is 2.54. The molecule has 0 aliphatic carbocycles. The molecule has 1 amide bonds. The monoisotopic (exact) mass is 351 g/mol. The van der Waals surface area contributed by atoms with Gasteiger partial charge in [0.2, 0.25) is 0 Å². The van der Waals surface area contributed by atoms with Crippen LogP contribution in [0.3, 0.4) is 0 Å². The van der Waals surface area contributed by atoms with Crippen molar-refractivity contribution in [2.75, 3.05) is 5.32 Å². The Bertz CT molecular complexity index is 787. The molecule has 2 aromatic carbocycles. The summed E-state index contributed by atoms with van der Waals surface area (Å²) in [4.78, 5) is 24.1. The smallest absolute Gasteiger partial charge is 0.418 e. The number of rotatable bonds is 4. The topological polar surface area (TPSA) is 55.4 Å². The largest absolute Gasteiger partial charge is 0.449 e. The zero-order valence-electron chi connectivity index (χ0n) is 13.6. The number of anilines is 1. The molecule has 2 aromatic rings. The molecular formula is C18H16F3NO3. The van der Waals surface area contributed by atoms with Crippen LogP contribution in [0.4, 0.5) is 18.9 Å². The van der Waals surface area contributed by atoms with E-state index in [0.717, 1.165) is 17.7 Å². The van der Waals surface area contributed by atoms with Gasteiger partial charge in [-0.3, -0.25) is 4.79 Å². The van der Waals surface area contributed by atoms with E-state index < -0.39 is 35.4 Å². The Hall–Kier alpha value is -2.83. The first kappa shape index (κ1) is 18.5. The molecule has 0 fully saturated rings. The highest BCUT2D eigenvalue weighted by atomic mass is 19.4. The molecule has 2 rings (SSSR count). The Morgan fingerprint density at radius 3 is 2.40 bits per heavy atom. The van der Waals surface area contributed by atoms with Gasteiger partial charge in [0.25, 0.3) is 5.91 Å². The van der Waals surface area contributed by atoms with Crippen LogP contribution in [0.15, 0.2) is 48.5 Å². The Kier molecular flexibility index (Phi) is 5.46. The van der Waals surface area contributed by atoms with Gasteiger partial charge < -0.3 is 10.1 Å². The van der Waals surface area contributed by atoms with Crippen molar-refractivity contribution in [3.8, 4) is 0 Å². The molecule has 0 heterocycles. The highest BCUT2D eigenvalue weighted by Crippen LogP contribution is 2.34. The molecular weight excluding hydrogens is 335 g/mol. The lowest BCUT2D eigenvalue weighted by Gasteiger charge is -2.17. The highest BCUT2D eigenvalue weighted by molar-refractivity contribution is 5.97. The molecule has 0 radical (unpaired) electrons. The fourth-order valence-corrected chi connectivity index (χ4v) is 2.13. The van der Waals surface area contributed by atoms with Gasteiger partial charge in [-0.25, -0.2) is 4.79 Å². The lowest BCUT2D eigenvalue weighted by Crippen LogP contribution is -2.30. The summed E-state index contributed by atoms with van der Waals surface area (Å²) in [6, 6.07) is 11.2. The number of hydrogen-bond donors (Lipinski definition) is 1. The molecule has 25 heavy (non-hydrogen) atoms. The first-order valence-electron chi connectivity index (χ1n) is 7.43. The second-order valence-corrected chi connectivity index (χ2v) is 5.45.